The first-order valence-corrected chi connectivity index (χ1v) is 3.89. The van der Waals surface area contributed by atoms with Crippen molar-refractivity contribution in [2.24, 2.45) is 11.7 Å². The summed E-state index contributed by atoms with van der Waals surface area (Å²) in [5.74, 6) is -1.17. The van der Waals surface area contributed by atoms with E-state index in [1.165, 1.54) is 6.92 Å². The van der Waals surface area contributed by atoms with Crippen molar-refractivity contribution in [3.05, 3.63) is 0 Å². The number of Topliss-reactive ketones (excluding diaryl/α,β-unsaturated/α-hetero) is 1. The SMILES string of the molecule is CCCCC(C(C)=O)C(N)=O. The lowest BCUT2D eigenvalue weighted by molar-refractivity contribution is -0.131. The van der Waals surface area contributed by atoms with Crippen LogP contribution in [-0.4, -0.2) is 11.7 Å². The molecule has 11 heavy (non-hydrogen) atoms. The van der Waals surface area contributed by atoms with Crippen LogP contribution in [0.3, 0.4) is 0 Å². The van der Waals surface area contributed by atoms with Crippen molar-refractivity contribution in [3.63, 3.8) is 0 Å². The number of hydrogen-bond acceptors (Lipinski definition) is 2. The Morgan fingerprint density at radius 1 is 1.45 bits per heavy atom. The van der Waals surface area contributed by atoms with E-state index in [0.29, 0.717) is 6.42 Å². The fraction of sp³-hybridized carbons (Fsp3) is 0.750. The zero-order valence-electron chi connectivity index (χ0n) is 7.09. The first kappa shape index (κ1) is 10.1. The van der Waals surface area contributed by atoms with E-state index in [2.05, 4.69) is 0 Å². The molecule has 0 aromatic carbocycles. The Hall–Kier alpha value is -0.860. The van der Waals surface area contributed by atoms with Gasteiger partial charge in [-0.2, -0.15) is 0 Å². The van der Waals surface area contributed by atoms with Gasteiger partial charge in [-0.3, -0.25) is 9.59 Å². The highest BCUT2D eigenvalue weighted by atomic mass is 16.2. The lowest BCUT2D eigenvalue weighted by atomic mass is 9.98. The standard InChI is InChI=1S/C8H15NO2/c1-3-4-5-7(6(2)10)8(9)11/h7H,3-5H2,1-2H3,(H2,9,11). The Balaban J connectivity index is 3.90. The Labute approximate surface area is 67.0 Å². The van der Waals surface area contributed by atoms with E-state index in [0.717, 1.165) is 12.8 Å². The molecule has 0 fully saturated rings. The van der Waals surface area contributed by atoms with E-state index in [1.54, 1.807) is 0 Å². The van der Waals surface area contributed by atoms with Crippen LogP contribution in [0.5, 0.6) is 0 Å². The number of unbranched alkanes of at least 4 members (excludes halogenated alkanes) is 1. The smallest absolute Gasteiger partial charge is 0.227 e. The maximum Gasteiger partial charge on any atom is 0.227 e. The molecule has 0 heterocycles. The van der Waals surface area contributed by atoms with E-state index in [-0.39, 0.29) is 5.78 Å². The Morgan fingerprint density at radius 2 is 2.00 bits per heavy atom. The second-order valence-electron chi connectivity index (χ2n) is 2.71. The third-order valence-electron chi connectivity index (χ3n) is 1.68. The van der Waals surface area contributed by atoms with Crippen LogP contribution in [0.4, 0.5) is 0 Å². The predicted octanol–water partition coefficient (Wildman–Crippen LogP) is 0.867. The zero-order valence-corrected chi connectivity index (χ0v) is 7.09. The molecule has 0 aliphatic heterocycles. The van der Waals surface area contributed by atoms with Crippen LogP contribution in [0.1, 0.15) is 33.1 Å². The molecule has 0 aromatic heterocycles. The summed E-state index contributed by atoms with van der Waals surface area (Å²) >= 11 is 0. The van der Waals surface area contributed by atoms with E-state index >= 15 is 0 Å². The molecule has 0 spiro atoms. The van der Waals surface area contributed by atoms with E-state index in [9.17, 15) is 9.59 Å². The van der Waals surface area contributed by atoms with Gasteiger partial charge in [0, 0.05) is 0 Å². The van der Waals surface area contributed by atoms with Crippen LogP contribution in [-0.2, 0) is 9.59 Å². The number of primary amides is 1. The fourth-order valence-electron chi connectivity index (χ4n) is 0.954. The third-order valence-corrected chi connectivity index (χ3v) is 1.68. The van der Waals surface area contributed by atoms with E-state index in [1.807, 2.05) is 6.92 Å². The van der Waals surface area contributed by atoms with Crippen LogP contribution in [0.2, 0.25) is 0 Å². The third kappa shape index (κ3) is 3.75. The van der Waals surface area contributed by atoms with Crippen molar-refractivity contribution in [2.45, 2.75) is 33.1 Å². The van der Waals surface area contributed by atoms with Gasteiger partial charge in [-0.1, -0.05) is 19.8 Å². The van der Waals surface area contributed by atoms with Crippen molar-refractivity contribution in [3.8, 4) is 0 Å². The molecule has 0 rings (SSSR count). The summed E-state index contributed by atoms with van der Waals surface area (Å²) in [6.45, 7) is 3.42. The van der Waals surface area contributed by atoms with Crippen LogP contribution in [0.25, 0.3) is 0 Å². The summed E-state index contributed by atoms with van der Waals surface area (Å²) in [4.78, 5) is 21.4. The second-order valence-corrected chi connectivity index (χ2v) is 2.71. The number of ketones is 1. The molecule has 3 nitrogen and oxygen atoms in total. The maximum atomic E-state index is 10.8. The molecule has 0 aromatic rings. The summed E-state index contributed by atoms with van der Waals surface area (Å²) < 4.78 is 0. The molecular weight excluding hydrogens is 142 g/mol. The lowest BCUT2D eigenvalue weighted by Gasteiger charge is -2.07. The fourth-order valence-corrected chi connectivity index (χ4v) is 0.954. The number of rotatable bonds is 5. The quantitative estimate of drug-likeness (QED) is 0.602. The van der Waals surface area contributed by atoms with Crippen molar-refractivity contribution >= 4 is 11.7 Å². The summed E-state index contributed by atoms with van der Waals surface area (Å²) in [6.07, 6.45) is 2.46. The molecule has 0 aliphatic carbocycles. The first-order chi connectivity index (χ1) is 5.09. The number of nitrogens with two attached hydrogens (primary N) is 1. The molecule has 0 aliphatic rings. The molecule has 0 saturated heterocycles. The normalized spacial score (nSPS) is 12.5. The monoisotopic (exact) mass is 157 g/mol. The molecule has 1 amide bonds. The first-order valence-electron chi connectivity index (χ1n) is 3.89. The lowest BCUT2D eigenvalue weighted by Crippen LogP contribution is -2.28. The van der Waals surface area contributed by atoms with Crippen molar-refractivity contribution < 1.29 is 9.59 Å². The van der Waals surface area contributed by atoms with Crippen LogP contribution >= 0.6 is 0 Å². The minimum absolute atomic E-state index is 0.119. The molecular formula is C8H15NO2. The molecule has 3 heteroatoms. The van der Waals surface area contributed by atoms with Gasteiger partial charge in [0.25, 0.3) is 0 Å². The van der Waals surface area contributed by atoms with Gasteiger partial charge in [0.2, 0.25) is 5.91 Å². The van der Waals surface area contributed by atoms with E-state index in [4.69, 9.17) is 5.73 Å². The number of amides is 1. The zero-order chi connectivity index (χ0) is 8.85. The molecule has 64 valence electrons. The summed E-state index contributed by atoms with van der Waals surface area (Å²) in [6, 6.07) is 0. The number of carbonyl (C=O) groups excluding carboxylic acids is 2. The maximum absolute atomic E-state index is 10.8. The minimum atomic E-state index is -0.560. The number of carbonyl (C=O) groups is 2. The van der Waals surface area contributed by atoms with Crippen molar-refractivity contribution in [2.75, 3.05) is 0 Å². The van der Waals surface area contributed by atoms with Gasteiger partial charge in [0.05, 0.1) is 5.92 Å². The Morgan fingerprint density at radius 3 is 2.27 bits per heavy atom. The van der Waals surface area contributed by atoms with E-state index < -0.39 is 11.8 Å². The van der Waals surface area contributed by atoms with Gasteiger partial charge in [0.15, 0.2) is 0 Å². The van der Waals surface area contributed by atoms with Crippen LogP contribution < -0.4 is 5.73 Å². The second kappa shape index (κ2) is 4.88. The topological polar surface area (TPSA) is 60.2 Å². The van der Waals surface area contributed by atoms with Crippen LogP contribution in [0, 0.1) is 5.92 Å². The van der Waals surface area contributed by atoms with Crippen molar-refractivity contribution in [1.29, 1.82) is 0 Å². The van der Waals surface area contributed by atoms with Gasteiger partial charge in [0.1, 0.15) is 5.78 Å². The summed E-state index contributed by atoms with van der Waals surface area (Å²) in [5.41, 5.74) is 5.02. The molecule has 0 saturated carbocycles. The summed E-state index contributed by atoms with van der Waals surface area (Å²) in [7, 11) is 0. The molecule has 1 unspecified atom stereocenters. The Kier molecular flexibility index (Phi) is 4.50. The average Bonchev–Trinajstić information content (AvgIpc) is 1.87. The van der Waals surface area contributed by atoms with Crippen LogP contribution in [0.15, 0.2) is 0 Å². The van der Waals surface area contributed by atoms with Gasteiger partial charge >= 0.3 is 0 Å². The summed E-state index contributed by atoms with van der Waals surface area (Å²) in [5, 5.41) is 0. The van der Waals surface area contributed by atoms with Gasteiger partial charge in [-0.25, -0.2) is 0 Å². The van der Waals surface area contributed by atoms with Gasteiger partial charge < -0.3 is 5.73 Å². The molecule has 0 radical (unpaired) electrons. The molecule has 1 atom stereocenters. The molecule has 0 bridgehead atoms. The Bertz CT molecular complexity index is 140. The van der Waals surface area contributed by atoms with Crippen molar-refractivity contribution in [1.82, 2.24) is 0 Å². The largest absolute Gasteiger partial charge is 0.369 e. The van der Waals surface area contributed by atoms with Gasteiger partial charge in [-0.15, -0.1) is 0 Å². The minimum Gasteiger partial charge on any atom is -0.369 e. The number of hydrogen-bond donors (Lipinski definition) is 1. The average molecular weight is 157 g/mol. The predicted molar refractivity (Wildman–Crippen MR) is 42.9 cm³/mol. The molecule has 2 N–H and O–H groups in total. The highest BCUT2D eigenvalue weighted by Gasteiger charge is 2.18. The van der Waals surface area contributed by atoms with Gasteiger partial charge in [-0.05, 0) is 13.3 Å². The highest BCUT2D eigenvalue weighted by molar-refractivity contribution is 5.99. The highest BCUT2D eigenvalue weighted by Crippen LogP contribution is 2.08.